The molecule has 1 amide bonds. The van der Waals surface area contributed by atoms with Gasteiger partial charge in [0.25, 0.3) is 5.91 Å². The molecule has 0 spiro atoms. The van der Waals surface area contributed by atoms with E-state index in [1.54, 1.807) is 34.9 Å². The molecule has 1 atom stereocenters. The Kier molecular flexibility index (Phi) is 4.80. The van der Waals surface area contributed by atoms with Crippen LogP contribution in [0.15, 0.2) is 82.6 Å². The van der Waals surface area contributed by atoms with Gasteiger partial charge in [-0.2, -0.15) is 0 Å². The molecule has 0 fully saturated rings. The first-order valence-electron chi connectivity index (χ1n) is 9.45. The number of fused-ring (bicyclic) bond motifs is 3. The van der Waals surface area contributed by atoms with Crippen molar-refractivity contribution < 1.29 is 23.8 Å². The molecule has 0 saturated carbocycles. The number of benzene rings is 3. The molecule has 3 aromatic carbocycles. The van der Waals surface area contributed by atoms with Crippen molar-refractivity contribution in [1.82, 2.24) is 0 Å². The number of nitrogens with zero attached hydrogens (tertiary/aromatic N) is 1. The minimum absolute atomic E-state index is 0.0378. The van der Waals surface area contributed by atoms with E-state index in [0.29, 0.717) is 11.5 Å². The second-order valence-corrected chi connectivity index (χ2v) is 7.82. The van der Waals surface area contributed by atoms with Gasteiger partial charge in [-0.25, -0.2) is 4.79 Å². The van der Waals surface area contributed by atoms with E-state index >= 15 is 0 Å². The lowest BCUT2D eigenvalue weighted by Crippen LogP contribution is -2.40. The van der Waals surface area contributed by atoms with E-state index in [1.807, 2.05) is 54.6 Å². The van der Waals surface area contributed by atoms with Crippen molar-refractivity contribution in [2.45, 2.75) is 15.9 Å². The number of rotatable bonds is 3. The summed E-state index contributed by atoms with van der Waals surface area (Å²) in [5.74, 6) is 0.0936. The zero-order valence-electron chi connectivity index (χ0n) is 15.8. The Balaban J connectivity index is 1.31. The van der Waals surface area contributed by atoms with E-state index in [9.17, 15) is 9.59 Å². The molecule has 0 radical (unpaired) electrons. The maximum Gasteiger partial charge on any atom is 0.351 e. The predicted octanol–water partition coefficient (Wildman–Crippen LogP) is 4.20. The monoisotopic (exact) mass is 419 g/mol. The number of anilines is 2. The molecule has 3 aromatic rings. The highest BCUT2D eigenvalue weighted by Gasteiger charge is 2.32. The molecule has 5 rings (SSSR count). The lowest BCUT2D eigenvalue weighted by Gasteiger charge is -2.31. The van der Waals surface area contributed by atoms with Crippen LogP contribution in [0.5, 0.6) is 11.5 Å². The van der Waals surface area contributed by atoms with Crippen LogP contribution in [-0.4, -0.2) is 31.2 Å². The SMILES string of the molecule is O=C(OCC(=O)N1c2ccccc2Sc2ccccc21)C1COc2ccccc2O1. The van der Waals surface area contributed by atoms with Gasteiger partial charge in [0, 0.05) is 9.79 Å². The molecule has 0 aliphatic carbocycles. The average Bonchev–Trinajstić information content (AvgIpc) is 2.80. The molecule has 0 saturated heterocycles. The summed E-state index contributed by atoms with van der Waals surface area (Å²) in [6, 6.07) is 22.4. The van der Waals surface area contributed by atoms with Crippen LogP contribution in [0, 0.1) is 0 Å². The van der Waals surface area contributed by atoms with Crippen LogP contribution < -0.4 is 14.4 Å². The van der Waals surface area contributed by atoms with E-state index in [0.717, 1.165) is 21.2 Å². The summed E-state index contributed by atoms with van der Waals surface area (Å²) >= 11 is 1.61. The summed E-state index contributed by atoms with van der Waals surface area (Å²) in [4.78, 5) is 29.1. The maximum atomic E-state index is 13.1. The average molecular weight is 419 g/mol. The fraction of sp³-hybridized carbons (Fsp3) is 0.130. The van der Waals surface area contributed by atoms with E-state index in [-0.39, 0.29) is 12.5 Å². The minimum Gasteiger partial charge on any atom is -0.485 e. The van der Waals surface area contributed by atoms with Gasteiger partial charge in [-0.1, -0.05) is 48.2 Å². The summed E-state index contributed by atoms with van der Waals surface area (Å²) < 4.78 is 16.5. The minimum atomic E-state index is -0.913. The fourth-order valence-electron chi connectivity index (χ4n) is 3.40. The van der Waals surface area contributed by atoms with E-state index in [4.69, 9.17) is 14.2 Å². The summed E-state index contributed by atoms with van der Waals surface area (Å²) in [7, 11) is 0. The number of para-hydroxylation sites is 4. The van der Waals surface area contributed by atoms with E-state index < -0.39 is 18.7 Å². The summed E-state index contributed by atoms with van der Waals surface area (Å²) in [6.45, 7) is -0.357. The molecule has 150 valence electrons. The van der Waals surface area contributed by atoms with Crippen molar-refractivity contribution >= 4 is 35.0 Å². The molecule has 0 aromatic heterocycles. The van der Waals surface area contributed by atoms with E-state index in [1.165, 1.54) is 0 Å². The lowest BCUT2D eigenvalue weighted by atomic mass is 10.2. The maximum absolute atomic E-state index is 13.1. The van der Waals surface area contributed by atoms with Gasteiger partial charge in [0.1, 0.15) is 6.61 Å². The molecular formula is C23H17NO5S. The summed E-state index contributed by atoms with van der Waals surface area (Å²) in [5.41, 5.74) is 1.54. The van der Waals surface area contributed by atoms with Gasteiger partial charge in [-0.15, -0.1) is 0 Å². The molecule has 0 N–H and O–H groups in total. The zero-order chi connectivity index (χ0) is 20.5. The lowest BCUT2D eigenvalue weighted by molar-refractivity contribution is -0.157. The second kappa shape index (κ2) is 7.76. The number of esters is 1. The molecule has 1 unspecified atom stereocenters. The van der Waals surface area contributed by atoms with Crippen molar-refractivity contribution in [1.29, 1.82) is 0 Å². The Labute approximate surface area is 177 Å². The Morgan fingerprint density at radius 2 is 1.50 bits per heavy atom. The number of amides is 1. The highest BCUT2D eigenvalue weighted by molar-refractivity contribution is 7.99. The van der Waals surface area contributed by atoms with Gasteiger partial charge >= 0.3 is 5.97 Å². The molecule has 2 heterocycles. The zero-order valence-corrected chi connectivity index (χ0v) is 16.6. The highest BCUT2D eigenvalue weighted by atomic mass is 32.2. The Bertz CT molecular complexity index is 1090. The number of hydrogen-bond acceptors (Lipinski definition) is 6. The number of carbonyl (C=O) groups excluding carboxylic acids is 2. The first-order chi connectivity index (χ1) is 14.7. The summed E-state index contributed by atoms with van der Waals surface area (Å²) in [6.07, 6.45) is -0.913. The van der Waals surface area contributed by atoms with Crippen LogP contribution in [0.1, 0.15) is 0 Å². The summed E-state index contributed by atoms with van der Waals surface area (Å²) in [5, 5.41) is 0. The van der Waals surface area contributed by atoms with Gasteiger partial charge in [-0.05, 0) is 36.4 Å². The second-order valence-electron chi connectivity index (χ2n) is 6.74. The van der Waals surface area contributed by atoms with Crippen LogP contribution in [0.3, 0.4) is 0 Å². The highest BCUT2D eigenvalue weighted by Crippen LogP contribution is 2.47. The standard InChI is InChI=1S/C23H17NO5S/c25-22(14-28-23(26)19-13-27-17-9-3-4-10-18(17)29-19)24-15-7-1-5-11-20(15)30-21-12-6-2-8-16(21)24/h1-12,19H,13-14H2. The number of hydrogen-bond donors (Lipinski definition) is 0. The largest absolute Gasteiger partial charge is 0.485 e. The van der Waals surface area contributed by atoms with Gasteiger partial charge in [0.2, 0.25) is 6.10 Å². The molecular weight excluding hydrogens is 402 g/mol. The Morgan fingerprint density at radius 3 is 2.20 bits per heavy atom. The van der Waals surface area contributed by atoms with E-state index in [2.05, 4.69) is 0 Å². The van der Waals surface area contributed by atoms with Crippen molar-refractivity contribution in [2.75, 3.05) is 18.1 Å². The molecule has 7 heteroatoms. The fourth-order valence-corrected chi connectivity index (χ4v) is 4.46. The van der Waals surface area contributed by atoms with Gasteiger partial charge < -0.3 is 14.2 Å². The van der Waals surface area contributed by atoms with Gasteiger partial charge in [-0.3, -0.25) is 9.69 Å². The number of carbonyl (C=O) groups is 2. The molecule has 6 nitrogen and oxygen atoms in total. The Hall–Kier alpha value is -3.45. The van der Waals surface area contributed by atoms with Gasteiger partial charge in [0.15, 0.2) is 18.1 Å². The third-order valence-corrected chi connectivity index (χ3v) is 5.92. The predicted molar refractivity (Wildman–Crippen MR) is 111 cm³/mol. The molecule has 0 bridgehead atoms. The van der Waals surface area contributed by atoms with Crippen molar-refractivity contribution in [3.8, 4) is 11.5 Å². The quantitative estimate of drug-likeness (QED) is 0.593. The molecule has 2 aliphatic heterocycles. The van der Waals surface area contributed by atoms with Crippen LogP contribution in [0.4, 0.5) is 11.4 Å². The van der Waals surface area contributed by atoms with Crippen LogP contribution in [0.25, 0.3) is 0 Å². The normalized spacial score (nSPS) is 16.3. The third kappa shape index (κ3) is 3.37. The molecule has 30 heavy (non-hydrogen) atoms. The van der Waals surface area contributed by atoms with Crippen molar-refractivity contribution in [3.05, 3.63) is 72.8 Å². The van der Waals surface area contributed by atoms with Crippen molar-refractivity contribution in [2.24, 2.45) is 0 Å². The third-order valence-electron chi connectivity index (χ3n) is 4.79. The first kappa shape index (κ1) is 18.6. The Morgan fingerprint density at radius 1 is 0.900 bits per heavy atom. The number of ether oxygens (including phenoxy) is 3. The smallest absolute Gasteiger partial charge is 0.351 e. The topological polar surface area (TPSA) is 65.1 Å². The van der Waals surface area contributed by atoms with Crippen LogP contribution in [-0.2, 0) is 14.3 Å². The van der Waals surface area contributed by atoms with Gasteiger partial charge in [0.05, 0.1) is 11.4 Å². The van der Waals surface area contributed by atoms with Crippen LogP contribution >= 0.6 is 11.8 Å². The van der Waals surface area contributed by atoms with Crippen LogP contribution in [0.2, 0.25) is 0 Å². The molecule has 2 aliphatic rings. The first-order valence-corrected chi connectivity index (χ1v) is 10.3. The van der Waals surface area contributed by atoms with Crippen molar-refractivity contribution in [3.63, 3.8) is 0 Å².